The molecule has 0 aromatic carbocycles. The van der Waals surface area contributed by atoms with Crippen LogP contribution in [0.4, 0.5) is 0 Å². The number of esters is 1. The highest BCUT2D eigenvalue weighted by atomic mass is 16.7. The van der Waals surface area contributed by atoms with Crippen LogP contribution in [0.3, 0.4) is 0 Å². The lowest BCUT2D eigenvalue weighted by Crippen LogP contribution is -2.60. The van der Waals surface area contributed by atoms with Gasteiger partial charge in [0.15, 0.2) is 6.29 Å². The van der Waals surface area contributed by atoms with E-state index in [0.29, 0.717) is 19.4 Å². The summed E-state index contributed by atoms with van der Waals surface area (Å²) < 4.78 is 16.7. The number of carbonyl (C=O) groups is 2. The average molecular weight is 1250 g/mol. The number of rotatable bonds is 67. The van der Waals surface area contributed by atoms with Crippen LogP contribution in [0.25, 0.3) is 0 Å². The van der Waals surface area contributed by atoms with Crippen LogP contribution in [0.2, 0.25) is 0 Å². The minimum absolute atomic E-state index is 0.00659. The lowest BCUT2D eigenvalue weighted by molar-refractivity contribution is -0.302. The molecule has 0 aromatic heterocycles. The normalized spacial score (nSPS) is 18.0. The number of allylic oxidation sites excluding steroid dienone is 9. The minimum atomic E-state index is -1.58. The molecule has 11 nitrogen and oxygen atoms in total. The molecule has 0 saturated carbocycles. The SMILES string of the molecule is CCCCC/C=C/CC/C=C/C(O)C(COC1OC(CO)C(O)C(O)C1O)NC(=O)CCCCCCCCCCCCCCCCCCC/C=C\C/C=C\CCCCCCCCCCCCCOC(=O)CCCCCCCCC/C=C\CCCCCCCC. The highest BCUT2D eigenvalue weighted by Crippen LogP contribution is 2.23. The highest BCUT2D eigenvalue weighted by molar-refractivity contribution is 5.76. The van der Waals surface area contributed by atoms with Crippen LogP contribution in [0, 0.1) is 0 Å². The van der Waals surface area contributed by atoms with Crippen molar-refractivity contribution in [3.63, 3.8) is 0 Å². The van der Waals surface area contributed by atoms with E-state index in [1.54, 1.807) is 6.08 Å². The molecule has 89 heavy (non-hydrogen) atoms. The maximum absolute atomic E-state index is 13.0. The molecule has 0 radical (unpaired) electrons. The Morgan fingerprint density at radius 1 is 0.416 bits per heavy atom. The number of nitrogens with one attached hydrogen (secondary N) is 1. The predicted molar refractivity (Wildman–Crippen MR) is 375 cm³/mol. The Kier molecular flexibility index (Phi) is 63.3. The molecule has 7 unspecified atom stereocenters. The summed E-state index contributed by atoms with van der Waals surface area (Å²) in [6.45, 7) is 4.30. The summed E-state index contributed by atoms with van der Waals surface area (Å²) in [6.07, 6.45) is 79.8. The molecule has 1 heterocycles. The van der Waals surface area contributed by atoms with Crippen molar-refractivity contribution in [3.05, 3.63) is 60.8 Å². The molecule has 7 atom stereocenters. The number of aliphatic hydroxyl groups excluding tert-OH is 5. The van der Waals surface area contributed by atoms with E-state index in [1.807, 2.05) is 6.08 Å². The zero-order chi connectivity index (χ0) is 64.4. The van der Waals surface area contributed by atoms with Gasteiger partial charge in [0.25, 0.3) is 0 Å². The van der Waals surface area contributed by atoms with E-state index in [0.717, 1.165) is 64.2 Å². The molecule has 1 fully saturated rings. The van der Waals surface area contributed by atoms with Gasteiger partial charge >= 0.3 is 5.97 Å². The van der Waals surface area contributed by atoms with Crippen LogP contribution in [-0.4, -0.2) is 100 Å². The van der Waals surface area contributed by atoms with Crippen LogP contribution >= 0.6 is 0 Å². The van der Waals surface area contributed by atoms with Gasteiger partial charge in [-0.15, -0.1) is 0 Å². The van der Waals surface area contributed by atoms with Crippen LogP contribution in [0.1, 0.15) is 361 Å². The van der Waals surface area contributed by atoms with Crippen LogP contribution in [-0.2, 0) is 23.8 Å². The summed E-state index contributed by atoms with van der Waals surface area (Å²) in [4.78, 5) is 25.1. The van der Waals surface area contributed by atoms with Crippen molar-refractivity contribution in [1.82, 2.24) is 5.32 Å². The van der Waals surface area contributed by atoms with Gasteiger partial charge in [-0.3, -0.25) is 9.59 Å². The lowest BCUT2D eigenvalue weighted by Gasteiger charge is -2.40. The Balaban J connectivity index is 1.88. The molecule has 0 spiro atoms. The second-order valence-corrected chi connectivity index (χ2v) is 26.3. The largest absolute Gasteiger partial charge is 0.466 e. The molecule has 1 rings (SSSR count). The Labute approximate surface area is 548 Å². The monoisotopic (exact) mass is 1250 g/mol. The van der Waals surface area contributed by atoms with E-state index in [1.165, 1.54) is 270 Å². The fraction of sp³-hybridized carbons (Fsp3) is 0.846. The van der Waals surface area contributed by atoms with Gasteiger partial charge in [-0.05, 0) is 103 Å². The minimum Gasteiger partial charge on any atom is -0.466 e. The maximum Gasteiger partial charge on any atom is 0.305 e. The van der Waals surface area contributed by atoms with Gasteiger partial charge in [-0.25, -0.2) is 0 Å². The number of hydrogen-bond acceptors (Lipinski definition) is 10. The fourth-order valence-electron chi connectivity index (χ4n) is 11.8. The van der Waals surface area contributed by atoms with E-state index in [2.05, 4.69) is 67.8 Å². The highest BCUT2D eigenvalue weighted by Gasteiger charge is 2.44. The molecule has 0 bridgehead atoms. The quantitative estimate of drug-likeness (QED) is 0.0195. The smallest absolute Gasteiger partial charge is 0.305 e. The molecule has 1 amide bonds. The Morgan fingerprint density at radius 2 is 0.764 bits per heavy atom. The van der Waals surface area contributed by atoms with Crippen LogP contribution in [0.15, 0.2) is 60.8 Å². The van der Waals surface area contributed by atoms with Crippen molar-refractivity contribution in [2.75, 3.05) is 19.8 Å². The Morgan fingerprint density at radius 3 is 1.20 bits per heavy atom. The first kappa shape index (κ1) is 84.4. The number of carbonyl (C=O) groups excluding carboxylic acids is 2. The third kappa shape index (κ3) is 55.5. The van der Waals surface area contributed by atoms with Gasteiger partial charge in [-0.1, -0.05) is 306 Å². The zero-order valence-corrected chi connectivity index (χ0v) is 57.9. The number of ether oxygens (including phenoxy) is 3. The van der Waals surface area contributed by atoms with Gasteiger partial charge in [0.05, 0.1) is 32.0 Å². The molecular formula is C78H143NO10. The summed E-state index contributed by atoms with van der Waals surface area (Å²) >= 11 is 0. The lowest BCUT2D eigenvalue weighted by atomic mass is 9.99. The summed E-state index contributed by atoms with van der Waals surface area (Å²) in [5.74, 6) is -0.185. The van der Waals surface area contributed by atoms with Crippen LogP contribution < -0.4 is 5.32 Å². The standard InChI is InChI=1S/C78H143NO10/c1-3-5-7-9-11-13-14-15-16-36-40-43-46-50-54-58-62-66-74(83)87-67-63-59-55-51-47-44-41-38-35-33-31-29-27-25-23-21-19-17-18-20-22-24-26-28-30-32-34-37-39-42-45-49-53-57-61-65-73(82)79-70(71(81)64-60-56-52-48-12-10-8-6-4-2)69-88-78-77(86)76(85)75(84)72(68-80)89-78/h12,15-16,19,21,25,27,48,60,64,70-72,75-78,80-81,84-86H,3-11,13-14,17-18,20,22-24,26,28-47,49-59,61-63,65-69H2,1-2H3,(H,79,82)/b16-15-,21-19-,27-25-,48-12+,64-60+. The Bertz CT molecular complexity index is 1660. The molecule has 1 aliphatic heterocycles. The molecule has 11 heteroatoms. The van der Waals surface area contributed by atoms with E-state index in [4.69, 9.17) is 14.2 Å². The predicted octanol–water partition coefficient (Wildman–Crippen LogP) is 20.1. The summed E-state index contributed by atoms with van der Waals surface area (Å²) in [6, 6.07) is -0.825. The zero-order valence-electron chi connectivity index (χ0n) is 57.9. The van der Waals surface area contributed by atoms with Gasteiger partial charge in [0.1, 0.15) is 24.4 Å². The topological polar surface area (TPSA) is 175 Å². The number of amides is 1. The van der Waals surface area contributed by atoms with E-state index in [9.17, 15) is 35.1 Å². The average Bonchev–Trinajstić information content (AvgIpc) is 1.92. The van der Waals surface area contributed by atoms with Crippen molar-refractivity contribution in [1.29, 1.82) is 0 Å². The van der Waals surface area contributed by atoms with Gasteiger partial charge in [0, 0.05) is 12.8 Å². The molecule has 0 aliphatic carbocycles. The summed E-state index contributed by atoms with van der Waals surface area (Å²) in [5.41, 5.74) is 0. The first-order chi connectivity index (χ1) is 43.7. The molecule has 520 valence electrons. The van der Waals surface area contributed by atoms with Crippen molar-refractivity contribution in [2.24, 2.45) is 0 Å². The number of aliphatic hydroxyl groups is 5. The van der Waals surface area contributed by atoms with Crippen molar-refractivity contribution in [3.8, 4) is 0 Å². The van der Waals surface area contributed by atoms with E-state index < -0.39 is 49.5 Å². The Hall–Kier alpha value is -2.64. The van der Waals surface area contributed by atoms with Crippen molar-refractivity contribution in [2.45, 2.75) is 403 Å². The van der Waals surface area contributed by atoms with Crippen LogP contribution in [0.5, 0.6) is 0 Å². The third-order valence-corrected chi connectivity index (χ3v) is 17.8. The first-order valence-electron chi connectivity index (χ1n) is 38.1. The summed E-state index contributed by atoms with van der Waals surface area (Å²) in [7, 11) is 0. The first-order valence-corrected chi connectivity index (χ1v) is 38.1. The maximum atomic E-state index is 13.0. The molecule has 0 aromatic rings. The van der Waals surface area contributed by atoms with Gasteiger partial charge < -0.3 is 45.1 Å². The van der Waals surface area contributed by atoms with Gasteiger partial charge in [0.2, 0.25) is 5.91 Å². The molecular weight excluding hydrogens is 1110 g/mol. The number of unbranched alkanes of at least 4 members (excludes halogenated alkanes) is 45. The van der Waals surface area contributed by atoms with Crippen molar-refractivity contribution < 1.29 is 49.3 Å². The second kappa shape index (κ2) is 66.8. The molecule has 1 aliphatic rings. The van der Waals surface area contributed by atoms with E-state index >= 15 is 0 Å². The molecule has 1 saturated heterocycles. The number of hydrogen-bond donors (Lipinski definition) is 6. The second-order valence-electron chi connectivity index (χ2n) is 26.3. The molecule has 6 N–H and O–H groups in total. The third-order valence-electron chi connectivity index (χ3n) is 17.8. The summed E-state index contributed by atoms with van der Waals surface area (Å²) in [5, 5.41) is 54.3. The fourth-order valence-corrected chi connectivity index (χ4v) is 11.8. The van der Waals surface area contributed by atoms with Gasteiger partial charge in [-0.2, -0.15) is 0 Å². The van der Waals surface area contributed by atoms with E-state index in [-0.39, 0.29) is 18.5 Å². The van der Waals surface area contributed by atoms with Crippen molar-refractivity contribution >= 4 is 11.9 Å².